The molecule has 0 bridgehead atoms. The number of urea groups is 1. The summed E-state index contributed by atoms with van der Waals surface area (Å²) in [6.45, 7) is 3.08. The number of thiophene rings is 1. The SMILES string of the molecule is CCOc1ccc2[nH]c(=O)c(CN(Cc3cccs3)C(=O)Nc3ccccc3)cc2c1. The maximum Gasteiger partial charge on any atom is 0.322 e. The molecule has 2 aromatic carbocycles. The minimum absolute atomic E-state index is 0.181. The summed E-state index contributed by atoms with van der Waals surface area (Å²) in [5.41, 5.74) is 1.74. The molecule has 158 valence electrons. The number of aromatic nitrogens is 1. The highest BCUT2D eigenvalue weighted by molar-refractivity contribution is 7.09. The van der Waals surface area contributed by atoms with Crippen LogP contribution < -0.4 is 15.6 Å². The smallest absolute Gasteiger partial charge is 0.322 e. The highest BCUT2D eigenvalue weighted by Crippen LogP contribution is 2.21. The van der Waals surface area contributed by atoms with Gasteiger partial charge in [0.15, 0.2) is 0 Å². The number of pyridine rings is 1. The Balaban J connectivity index is 1.63. The molecule has 4 rings (SSSR count). The number of rotatable bonds is 7. The quantitative estimate of drug-likeness (QED) is 0.419. The van der Waals surface area contributed by atoms with Crippen LogP contribution in [0.5, 0.6) is 5.75 Å². The molecule has 4 aromatic rings. The molecule has 0 atom stereocenters. The van der Waals surface area contributed by atoms with Gasteiger partial charge >= 0.3 is 6.03 Å². The van der Waals surface area contributed by atoms with Gasteiger partial charge in [0, 0.05) is 27.0 Å². The molecule has 2 aromatic heterocycles. The number of anilines is 1. The molecule has 0 radical (unpaired) electrons. The number of carbonyl (C=O) groups is 1. The van der Waals surface area contributed by atoms with Gasteiger partial charge in [-0.2, -0.15) is 0 Å². The van der Waals surface area contributed by atoms with Gasteiger partial charge in [0.2, 0.25) is 0 Å². The van der Waals surface area contributed by atoms with Crippen molar-refractivity contribution in [3.63, 3.8) is 0 Å². The second kappa shape index (κ2) is 9.49. The van der Waals surface area contributed by atoms with E-state index < -0.39 is 0 Å². The van der Waals surface area contributed by atoms with Gasteiger partial charge in [-0.1, -0.05) is 24.3 Å². The van der Waals surface area contributed by atoms with Crippen LogP contribution >= 0.6 is 11.3 Å². The van der Waals surface area contributed by atoms with Crippen LogP contribution in [0.25, 0.3) is 10.9 Å². The number of nitrogens with one attached hydrogen (secondary N) is 2. The van der Waals surface area contributed by atoms with Gasteiger partial charge in [-0.25, -0.2) is 4.79 Å². The number of para-hydroxylation sites is 1. The second-order valence-corrected chi connectivity index (χ2v) is 8.07. The number of hydrogen-bond donors (Lipinski definition) is 2. The number of nitrogens with zero attached hydrogens (tertiary/aromatic N) is 1. The summed E-state index contributed by atoms with van der Waals surface area (Å²) >= 11 is 1.58. The molecule has 6 nitrogen and oxygen atoms in total. The van der Waals surface area contributed by atoms with E-state index in [2.05, 4.69) is 10.3 Å². The minimum atomic E-state index is -0.262. The van der Waals surface area contributed by atoms with Crippen LogP contribution in [0.2, 0.25) is 0 Å². The molecule has 0 saturated heterocycles. The van der Waals surface area contributed by atoms with Gasteiger partial charge in [-0.3, -0.25) is 4.79 Å². The fraction of sp³-hybridized carbons (Fsp3) is 0.167. The number of benzene rings is 2. The lowest BCUT2D eigenvalue weighted by atomic mass is 10.1. The first kappa shape index (κ1) is 20.7. The monoisotopic (exact) mass is 433 g/mol. The number of ether oxygens (including phenoxy) is 1. The zero-order chi connectivity index (χ0) is 21.6. The van der Waals surface area contributed by atoms with Crippen LogP contribution in [0.3, 0.4) is 0 Å². The lowest BCUT2D eigenvalue weighted by Crippen LogP contribution is -2.35. The van der Waals surface area contributed by atoms with E-state index in [1.54, 1.807) is 16.2 Å². The third-order valence-electron chi connectivity index (χ3n) is 4.80. The Morgan fingerprint density at radius 3 is 2.65 bits per heavy atom. The van der Waals surface area contributed by atoms with Crippen molar-refractivity contribution >= 4 is 34.0 Å². The molecule has 2 amide bonds. The van der Waals surface area contributed by atoms with Crippen LogP contribution in [-0.4, -0.2) is 22.5 Å². The Labute approximate surface area is 184 Å². The third kappa shape index (κ3) is 5.13. The summed E-state index contributed by atoms with van der Waals surface area (Å²) in [4.78, 5) is 31.4. The van der Waals surface area contributed by atoms with Crippen molar-refractivity contribution < 1.29 is 9.53 Å². The number of fused-ring (bicyclic) bond motifs is 1. The van der Waals surface area contributed by atoms with E-state index in [9.17, 15) is 9.59 Å². The summed E-state index contributed by atoms with van der Waals surface area (Å²) in [7, 11) is 0. The van der Waals surface area contributed by atoms with E-state index in [4.69, 9.17) is 4.74 Å². The number of H-pyrrole nitrogens is 1. The maximum absolute atomic E-state index is 13.0. The molecule has 0 saturated carbocycles. The summed E-state index contributed by atoms with van der Waals surface area (Å²) < 4.78 is 5.57. The van der Waals surface area contributed by atoms with Gasteiger partial charge < -0.3 is 19.9 Å². The topological polar surface area (TPSA) is 74.4 Å². The van der Waals surface area contributed by atoms with Gasteiger partial charge in [-0.05, 0) is 54.8 Å². The largest absolute Gasteiger partial charge is 0.494 e. The molecule has 0 fully saturated rings. The van der Waals surface area contributed by atoms with Crippen molar-refractivity contribution in [1.82, 2.24) is 9.88 Å². The van der Waals surface area contributed by atoms with Crippen LogP contribution in [0.1, 0.15) is 17.4 Å². The summed E-state index contributed by atoms with van der Waals surface area (Å²) in [5, 5.41) is 5.75. The minimum Gasteiger partial charge on any atom is -0.494 e. The molecule has 0 aliphatic rings. The zero-order valence-electron chi connectivity index (χ0n) is 17.1. The van der Waals surface area contributed by atoms with E-state index in [1.165, 1.54) is 0 Å². The fourth-order valence-corrected chi connectivity index (χ4v) is 4.04. The highest BCUT2D eigenvalue weighted by Gasteiger charge is 2.17. The van der Waals surface area contributed by atoms with Crippen molar-refractivity contribution in [2.45, 2.75) is 20.0 Å². The summed E-state index contributed by atoms with van der Waals surface area (Å²) in [6.07, 6.45) is 0. The first-order valence-electron chi connectivity index (χ1n) is 10.0. The zero-order valence-corrected chi connectivity index (χ0v) is 17.9. The average Bonchev–Trinajstić information content (AvgIpc) is 3.28. The lowest BCUT2D eigenvalue weighted by molar-refractivity contribution is 0.207. The standard InChI is InChI=1S/C24H23N3O3S/c1-2-30-20-10-11-22-17(14-20)13-18(23(28)26-22)15-27(16-21-9-6-12-31-21)24(29)25-19-7-4-3-5-8-19/h3-14H,2,15-16H2,1H3,(H,25,29)(H,26,28). The number of carbonyl (C=O) groups excluding carboxylic acids is 1. The molecule has 31 heavy (non-hydrogen) atoms. The summed E-state index contributed by atoms with van der Waals surface area (Å²) in [5.74, 6) is 0.741. The fourth-order valence-electron chi connectivity index (χ4n) is 3.32. The molecule has 0 unspecified atom stereocenters. The molecule has 2 heterocycles. The Morgan fingerprint density at radius 2 is 1.90 bits per heavy atom. The molecule has 0 spiro atoms. The predicted molar refractivity (Wildman–Crippen MR) is 125 cm³/mol. The van der Waals surface area contributed by atoms with E-state index in [-0.39, 0.29) is 18.1 Å². The maximum atomic E-state index is 13.0. The van der Waals surface area contributed by atoms with E-state index in [0.29, 0.717) is 24.4 Å². The van der Waals surface area contributed by atoms with Gasteiger partial charge in [-0.15, -0.1) is 11.3 Å². The average molecular weight is 434 g/mol. The Bertz CT molecular complexity index is 1220. The Morgan fingerprint density at radius 1 is 1.06 bits per heavy atom. The van der Waals surface area contributed by atoms with Crippen LogP contribution in [0, 0.1) is 0 Å². The van der Waals surface area contributed by atoms with Gasteiger partial charge in [0.25, 0.3) is 5.56 Å². The first-order chi connectivity index (χ1) is 15.1. The normalized spacial score (nSPS) is 10.7. The van der Waals surface area contributed by atoms with E-state index >= 15 is 0 Å². The van der Waals surface area contributed by atoms with Crippen molar-refractivity contribution in [3.05, 3.63) is 92.9 Å². The molecule has 0 aliphatic heterocycles. The number of hydrogen-bond acceptors (Lipinski definition) is 4. The molecular formula is C24H23N3O3S. The van der Waals surface area contributed by atoms with Crippen LogP contribution in [-0.2, 0) is 13.1 Å². The van der Waals surface area contributed by atoms with E-state index in [0.717, 1.165) is 21.5 Å². The summed E-state index contributed by atoms with van der Waals surface area (Å²) in [6, 6.07) is 20.3. The third-order valence-corrected chi connectivity index (χ3v) is 5.67. The molecule has 7 heteroatoms. The van der Waals surface area contributed by atoms with Crippen LogP contribution in [0.15, 0.2) is 76.9 Å². The van der Waals surface area contributed by atoms with Crippen LogP contribution in [0.4, 0.5) is 10.5 Å². The van der Waals surface area contributed by atoms with Crippen molar-refractivity contribution in [1.29, 1.82) is 0 Å². The van der Waals surface area contributed by atoms with Gasteiger partial charge in [0.1, 0.15) is 5.75 Å². The van der Waals surface area contributed by atoms with Gasteiger partial charge in [0.05, 0.1) is 19.7 Å². The van der Waals surface area contributed by atoms with Crippen molar-refractivity contribution in [2.75, 3.05) is 11.9 Å². The Kier molecular flexibility index (Phi) is 6.33. The Hall–Kier alpha value is -3.58. The second-order valence-electron chi connectivity index (χ2n) is 7.04. The molecule has 0 aliphatic carbocycles. The first-order valence-corrected chi connectivity index (χ1v) is 10.9. The van der Waals surface area contributed by atoms with E-state index in [1.807, 2.05) is 79.0 Å². The predicted octanol–water partition coefficient (Wildman–Crippen LogP) is 5.22. The molecular weight excluding hydrogens is 410 g/mol. The molecule has 2 N–H and O–H groups in total. The van der Waals surface area contributed by atoms with Crippen molar-refractivity contribution in [2.24, 2.45) is 0 Å². The lowest BCUT2D eigenvalue weighted by Gasteiger charge is -2.22. The van der Waals surface area contributed by atoms with Crippen molar-refractivity contribution in [3.8, 4) is 5.75 Å². The number of amides is 2. The highest BCUT2D eigenvalue weighted by atomic mass is 32.1. The number of aromatic amines is 1.